The summed E-state index contributed by atoms with van der Waals surface area (Å²) in [7, 11) is 0. The van der Waals surface area contributed by atoms with Gasteiger partial charge in [-0.05, 0) is 13.8 Å². The fourth-order valence-electron chi connectivity index (χ4n) is 0.618. The number of aliphatic hydroxyl groups is 1. The van der Waals surface area contributed by atoms with Crippen molar-refractivity contribution in [3.63, 3.8) is 0 Å². The summed E-state index contributed by atoms with van der Waals surface area (Å²) >= 11 is 0. The van der Waals surface area contributed by atoms with Crippen LogP contribution in [-0.2, 0) is 0 Å². The summed E-state index contributed by atoms with van der Waals surface area (Å²) in [6.07, 6.45) is 2.79. The molecule has 0 spiro atoms. The van der Waals surface area contributed by atoms with Crippen molar-refractivity contribution < 1.29 is 5.11 Å². The van der Waals surface area contributed by atoms with E-state index in [1.54, 1.807) is 19.3 Å². The van der Waals surface area contributed by atoms with Crippen LogP contribution in [0.5, 0.6) is 0 Å². The van der Waals surface area contributed by atoms with Gasteiger partial charge in [-0.3, -0.25) is 0 Å². The molecule has 1 atom stereocenters. The fourth-order valence-corrected chi connectivity index (χ4v) is 0.618. The number of aryl methyl sites for hydroxylation is 1. The number of nitrogens with zero attached hydrogens (tertiary/aromatic N) is 2. The Morgan fingerprint density at radius 3 is 2.30 bits per heavy atom. The number of hydrogen-bond acceptors (Lipinski definition) is 3. The summed E-state index contributed by atoms with van der Waals surface area (Å²) in [5.74, 6) is 0.726. The first-order valence-electron chi connectivity index (χ1n) is 3.17. The Balaban J connectivity index is 2.89. The zero-order valence-electron chi connectivity index (χ0n) is 6.07. The van der Waals surface area contributed by atoms with Crippen molar-refractivity contribution in [2.45, 2.75) is 20.0 Å². The molecule has 3 nitrogen and oxygen atoms in total. The molecule has 3 heteroatoms. The van der Waals surface area contributed by atoms with Crippen molar-refractivity contribution in [2.75, 3.05) is 0 Å². The minimum Gasteiger partial charge on any atom is -0.389 e. The van der Waals surface area contributed by atoms with Crippen LogP contribution >= 0.6 is 0 Å². The van der Waals surface area contributed by atoms with Crippen molar-refractivity contribution in [1.82, 2.24) is 9.97 Å². The lowest BCUT2D eigenvalue weighted by atomic mass is 10.2. The van der Waals surface area contributed by atoms with Gasteiger partial charge in [-0.25, -0.2) is 9.97 Å². The van der Waals surface area contributed by atoms with Gasteiger partial charge in [-0.15, -0.1) is 0 Å². The Bertz CT molecular complexity index is 205. The van der Waals surface area contributed by atoms with Gasteiger partial charge in [0.2, 0.25) is 0 Å². The van der Waals surface area contributed by atoms with Gasteiger partial charge in [-0.1, -0.05) is 0 Å². The van der Waals surface area contributed by atoms with E-state index in [2.05, 4.69) is 9.97 Å². The summed E-state index contributed by atoms with van der Waals surface area (Å²) in [4.78, 5) is 7.86. The highest BCUT2D eigenvalue weighted by Crippen LogP contribution is 2.07. The van der Waals surface area contributed by atoms with Crippen molar-refractivity contribution in [1.29, 1.82) is 0 Å². The van der Waals surface area contributed by atoms with Crippen LogP contribution in [0.3, 0.4) is 0 Å². The van der Waals surface area contributed by atoms with E-state index in [4.69, 9.17) is 5.11 Å². The molecular formula is C7H10N2O. The maximum atomic E-state index is 9.03. The Kier molecular flexibility index (Phi) is 1.97. The number of aliphatic hydroxyl groups excluding tert-OH is 1. The van der Waals surface area contributed by atoms with Crippen molar-refractivity contribution in [3.05, 3.63) is 23.8 Å². The molecule has 0 fully saturated rings. The van der Waals surface area contributed by atoms with Crippen LogP contribution in [-0.4, -0.2) is 15.1 Å². The van der Waals surface area contributed by atoms with Crippen LogP contribution in [0.1, 0.15) is 24.4 Å². The molecule has 0 aliphatic carbocycles. The van der Waals surface area contributed by atoms with Crippen molar-refractivity contribution in [2.24, 2.45) is 0 Å². The molecule has 0 bridgehead atoms. The minimum absolute atomic E-state index is 0.472. The molecule has 0 radical (unpaired) electrons. The molecule has 0 aliphatic rings. The first-order chi connectivity index (χ1) is 4.70. The van der Waals surface area contributed by atoms with Crippen LogP contribution in [0.4, 0.5) is 0 Å². The van der Waals surface area contributed by atoms with Gasteiger partial charge in [0.1, 0.15) is 5.82 Å². The maximum absolute atomic E-state index is 9.03. The molecule has 0 aliphatic heterocycles. The fraction of sp³-hybridized carbons (Fsp3) is 0.429. The SMILES string of the molecule is Cc1ncc([C@H](C)O)cn1. The lowest BCUT2D eigenvalue weighted by molar-refractivity contribution is 0.198. The van der Waals surface area contributed by atoms with Crippen LogP contribution in [0, 0.1) is 6.92 Å². The van der Waals surface area contributed by atoms with Gasteiger partial charge in [0.25, 0.3) is 0 Å². The first kappa shape index (κ1) is 7.15. The first-order valence-corrected chi connectivity index (χ1v) is 3.17. The summed E-state index contributed by atoms with van der Waals surface area (Å²) in [5, 5.41) is 9.03. The quantitative estimate of drug-likeness (QED) is 0.625. The molecule has 1 aromatic rings. The zero-order valence-corrected chi connectivity index (χ0v) is 6.07. The molecule has 0 amide bonds. The molecule has 1 N–H and O–H groups in total. The second kappa shape index (κ2) is 2.75. The molecule has 1 aromatic heterocycles. The van der Waals surface area contributed by atoms with E-state index in [9.17, 15) is 0 Å². The lowest BCUT2D eigenvalue weighted by Gasteiger charge is -2.01. The molecule has 0 aromatic carbocycles. The van der Waals surface area contributed by atoms with Gasteiger partial charge in [-0.2, -0.15) is 0 Å². The highest BCUT2D eigenvalue weighted by molar-refractivity contribution is 5.06. The Morgan fingerprint density at radius 2 is 1.90 bits per heavy atom. The molecule has 54 valence electrons. The third-order valence-corrected chi connectivity index (χ3v) is 1.28. The molecule has 0 unspecified atom stereocenters. The Labute approximate surface area is 59.8 Å². The Hall–Kier alpha value is -0.960. The van der Waals surface area contributed by atoms with Gasteiger partial charge in [0, 0.05) is 18.0 Å². The second-order valence-electron chi connectivity index (χ2n) is 2.24. The van der Waals surface area contributed by atoms with E-state index in [0.717, 1.165) is 11.4 Å². The van der Waals surface area contributed by atoms with Crippen LogP contribution in [0.2, 0.25) is 0 Å². The summed E-state index contributed by atoms with van der Waals surface area (Å²) < 4.78 is 0. The molecule has 0 saturated carbocycles. The maximum Gasteiger partial charge on any atom is 0.125 e. The standard InChI is InChI=1S/C7H10N2O/c1-5(10)7-3-8-6(2)9-4-7/h3-5,10H,1-2H3/t5-/m0/s1. The number of hydrogen-bond donors (Lipinski definition) is 1. The normalized spacial score (nSPS) is 13.1. The predicted octanol–water partition coefficient (Wildman–Crippen LogP) is 0.838. The van der Waals surface area contributed by atoms with Crippen LogP contribution in [0.15, 0.2) is 12.4 Å². The number of aromatic nitrogens is 2. The smallest absolute Gasteiger partial charge is 0.125 e. The molecule has 10 heavy (non-hydrogen) atoms. The van der Waals surface area contributed by atoms with E-state index in [0.29, 0.717) is 0 Å². The van der Waals surface area contributed by atoms with Crippen LogP contribution < -0.4 is 0 Å². The third kappa shape index (κ3) is 1.51. The molecule has 0 saturated heterocycles. The summed E-state index contributed by atoms with van der Waals surface area (Å²) in [6, 6.07) is 0. The highest BCUT2D eigenvalue weighted by atomic mass is 16.3. The largest absolute Gasteiger partial charge is 0.389 e. The predicted molar refractivity (Wildman–Crippen MR) is 37.4 cm³/mol. The van der Waals surface area contributed by atoms with E-state index < -0.39 is 6.10 Å². The second-order valence-corrected chi connectivity index (χ2v) is 2.24. The van der Waals surface area contributed by atoms with Gasteiger partial charge in [0.15, 0.2) is 0 Å². The van der Waals surface area contributed by atoms with Gasteiger partial charge < -0.3 is 5.11 Å². The minimum atomic E-state index is -0.472. The highest BCUT2D eigenvalue weighted by Gasteiger charge is 1.99. The topological polar surface area (TPSA) is 46.0 Å². The average molecular weight is 138 g/mol. The van der Waals surface area contributed by atoms with Crippen LogP contribution in [0.25, 0.3) is 0 Å². The monoisotopic (exact) mass is 138 g/mol. The van der Waals surface area contributed by atoms with E-state index in [-0.39, 0.29) is 0 Å². The summed E-state index contributed by atoms with van der Waals surface area (Å²) in [5.41, 5.74) is 0.755. The Morgan fingerprint density at radius 1 is 1.40 bits per heavy atom. The zero-order chi connectivity index (χ0) is 7.56. The number of rotatable bonds is 1. The molecule has 1 heterocycles. The lowest BCUT2D eigenvalue weighted by Crippen LogP contribution is -1.94. The third-order valence-electron chi connectivity index (χ3n) is 1.28. The van der Waals surface area contributed by atoms with Crippen molar-refractivity contribution in [3.8, 4) is 0 Å². The van der Waals surface area contributed by atoms with E-state index in [1.807, 2.05) is 6.92 Å². The van der Waals surface area contributed by atoms with Gasteiger partial charge >= 0.3 is 0 Å². The van der Waals surface area contributed by atoms with E-state index in [1.165, 1.54) is 0 Å². The van der Waals surface area contributed by atoms with Crippen molar-refractivity contribution >= 4 is 0 Å². The van der Waals surface area contributed by atoms with Gasteiger partial charge in [0.05, 0.1) is 6.10 Å². The van der Waals surface area contributed by atoms with E-state index >= 15 is 0 Å². The molecule has 1 rings (SSSR count). The molecular weight excluding hydrogens is 128 g/mol. The average Bonchev–Trinajstić information content (AvgIpc) is 1.88. The summed E-state index contributed by atoms with van der Waals surface area (Å²) in [6.45, 7) is 3.50.